The van der Waals surface area contributed by atoms with Crippen LogP contribution in [0, 0.1) is 0 Å². The van der Waals surface area contributed by atoms with E-state index in [1.807, 2.05) is 6.92 Å². The highest BCUT2D eigenvalue weighted by atomic mass is 16.3. The number of rotatable bonds is 5. The first-order valence-corrected chi connectivity index (χ1v) is 3.83. The lowest BCUT2D eigenvalue weighted by atomic mass is 9.91. The first kappa shape index (κ1) is 10.8. The van der Waals surface area contributed by atoms with Crippen molar-refractivity contribution < 1.29 is 10.2 Å². The fourth-order valence-corrected chi connectivity index (χ4v) is 0.849. The fourth-order valence-electron chi connectivity index (χ4n) is 0.849. The van der Waals surface area contributed by atoms with Crippen LogP contribution in [0.3, 0.4) is 0 Å². The monoisotopic (exact) mass is 162 g/mol. The Morgan fingerprint density at radius 3 is 2.45 bits per heavy atom. The van der Waals surface area contributed by atoms with E-state index >= 15 is 0 Å². The van der Waals surface area contributed by atoms with E-state index in [0.717, 1.165) is 0 Å². The van der Waals surface area contributed by atoms with Gasteiger partial charge in [-0.3, -0.25) is 0 Å². The van der Waals surface area contributed by atoms with Crippen LogP contribution in [0.5, 0.6) is 0 Å². The number of hydrogen-bond acceptors (Lipinski definition) is 4. The lowest BCUT2D eigenvalue weighted by molar-refractivity contribution is 0.0419. The second-order valence-electron chi connectivity index (χ2n) is 2.82. The molecule has 68 valence electrons. The molecule has 0 fully saturated rings. The molecule has 0 spiro atoms. The van der Waals surface area contributed by atoms with Crippen molar-refractivity contribution in [3.05, 3.63) is 0 Å². The fraction of sp³-hybridized carbons (Fsp3) is 1.00. The number of aliphatic hydroxyl groups is 2. The topological polar surface area (TPSA) is 78.5 Å². The zero-order chi connectivity index (χ0) is 8.91. The Bertz CT molecular complexity index is 105. The summed E-state index contributed by atoms with van der Waals surface area (Å²) < 4.78 is 0. The summed E-state index contributed by atoms with van der Waals surface area (Å²) in [6.45, 7) is 2.06. The minimum atomic E-state index is -0.858. The second-order valence-corrected chi connectivity index (χ2v) is 2.82. The highest BCUT2D eigenvalue weighted by Crippen LogP contribution is 2.10. The smallest absolute Gasteiger partial charge is 0.0865 e. The van der Waals surface area contributed by atoms with Gasteiger partial charge in [-0.2, -0.15) is 0 Å². The van der Waals surface area contributed by atoms with Gasteiger partial charge < -0.3 is 21.3 Å². The molecule has 0 aliphatic rings. The molecular weight excluding hydrogens is 144 g/mol. The number of hydrogen-bond donors (Lipinski definition) is 4. The predicted molar refractivity (Wildman–Crippen MR) is 44.2 cm³/mol. The molecule has 2 unspecified atom stereocenters. The van der Waals surface area contributed by atoms with E-state index in [1.165, 1.54) is 0 Å². The molecule has 0 aliphatic heterocycles. The van der Waals surface area contributed by atoms with Gasteiger partial charge in [0, 0.05) is 6.54 Å². The molecule has 0 aliphatic carbocycles. The Balaban J connectivity index is 4.00. The van der Waals surface area contributed by atoms with Crippen molar-refractivity contribution in [1.82, 2.24) is 5.32 Å². The van der Waals surface area contributed by atoms with Gasteiger partial charge in [-0.05, 0) is 13.5 Å². The molecule has 0 saturated heterocycles. The first-order chi connectivity index (χ1) is 5.10. The van der Waals surface area contributed by atoms with E-state index in [9.17, 15) is 5.11 Å². The number of aliphatic hydroxyl groups excluding tert-OH is 2. The summed E-state index contributed by atoms with van der Waals surface area (Å²) in [7, 11) is 1.73. The van der Waals surface area contributed by atoms with Crippen molar-refractivity contribution in [1.29, 1.82) is 0 Å². The van der Waals surface area contributed by atoms with Crippen LogP contribution in [0.15, 0.2) is 0 Å². The summed E-state index contributed by atoms with van der Waals surface area (Å²) in [5, 5.41) is 21.1. The van der Waals surface area contributed by atoms with Crippen LogP contribution in [-0.2, 0) is 0 Å². The zero-order valence-electron chi connectivity index (χ0n) is 7.17. The summed E-state index contributed by atoms with van der Waals surface area (Å²) in [6.07, 6.45) is -0.130. The molecule has 0 heterocycles. The summed E-state index contributed by atoms with van der Waals surface area (Å²) in [5.74, 6) is 0. The molecule has 4 nitrogen and oxygen atoms in total. The summed E-state index contributed by atoms with van der Waals surface area (Å²) in [5.41, 5.74) is 4.83. The Labute approximate surface area is 67.4 Å². The number of nitrogens with one attached hydrogen (secondary N) is 1. The molecule has 2 atom stereocenters. The van der Waals surface area contributed by atoms with E-state index in [-0.39, 0.29) is 6.61 Å². The third-order valence-electron chi connectivity index (χ3n) is 2.01. The van der Waals surface area contributed by atoms with Gasteiger partial charge in [0.15, 0.2) is 0 Å². The standard InChI is InChI=1S/C7H18N2O2/c1-3-7(8,5-10)6(11)4-9-2/h6,9-11H,3-5,8H2,1-2H3. The van der Waals surface area contributed by atoms with Crippen LogP contribution in [-0.4, -0.2) is 42.1 Å². The average Bonchev–Trinajstić information content (AvgIpc) is 2.03. The van der Waals surface area contributed by atoms with Crippen LogP contribution in [0.1, 0.15) is 13.3 Å². The average molecular weight is 162 g/mol. The Morgan fingerprint density at radius 2 is 2.18 bits per heavy atom. The number of likely N-dealkylation sites (N-methyl/N-ethyl adjacent to an activating group) is 1. The van der Waals surface area contributed by atoms with Crippen molar-refractivity contribution in [2.24, 2.45) is 5.73 Å². The minimum Gasteiger partial charge on any atom is -0.394 e. The Kier molecular flexibility index (Phi) is 4.60. The van der Waals surface area contributed by atoms with Gasteiger partial charge in [-0.1, -0.05) is 6.92 Å². The highest BCUT2D eigenvalue weighted by Gasteiger charge is 2.30. The molecule has 0 radical (unpaired) electrons. The molecule has 0 saturated carbocycles. The van der Waals surface area contributed by atoms with Gasteiger partial charge >= 0.3 is 0 Å². The van der Waals surface area contributed by atoms with Gasteiger partial charge in [-0.25, -0.2) is 0 Å². The van der Waals surface area contributed by atoms with Gasteiger partial charge in [0.25, 0.3) is 0 Å². The summed E-state index contributed by atoms with van der Waals surface area (Å²) in [4.78, 5) is 0. The molecular formula is C7H18N2O2. The van der Waals surface area contributed by atoms with Gasteiger partial charge in [0.05, 0.1) is 18.2 Å². The largest absolute Gasteiger partial charge is 0.394 e. The molecule has 0 aromatic heterocycles. The SMILES string of the molecule is CCC(N)(CO)C(O)CNC. The van der Waals surface area contributed by atoms with Crippen molar-refractivity contribution in [2.45, 2.75) is 25.0 Å². The van der Waals surface area contributed by atoms with Gasteiger partial charge in [0.2, 0.25) is 0 Å². The third-order valence-corrected chi connectivity index (χ3v) is 2.01. The van der Waals surface area contributed by atoms with Crippen molar-refractivity contribution >= 4 is 0 Å². The van der Waals surface area contributed by atoms with E-state index in [1.54, 1.807) is 7.05 Å². The van der Waals surface area contributed by atoms with Crippen molar-refractivity contribution in [3.8, 4) is 0 Å². The molecule has 0 aromatic rings. The first-order valence-electron chi connectivity index (χ1n) is 3.83. The normalized spacial score (nSPS) is 19.4. The van der Waals surface area contributed by atoms with Crippen LogP contribution in [0.2, 0.25) is 0 Å². The second kappa shape index (κ2) is 4.66. The van der Waals surface area contributed by atoms with E-state index in [0.29, 0.717) is 13.0 Å². The lowest BCUT2D eigenvalue weighted by Gasteiger charge is -2.31. The van der Waals surface area contributed by atoms with Crippen LogP contribution < -0.4 is 11.1 Å². The molecule has 0 amide bonds. The highest BCUT2D eigenvalue weighted by molar-refractivity contribution is 4.90. The van der Waals surface area contributed by atoms with Crippen molar-refractivity contribution in [3.63, 3.8) is 0 Å². The molecule has 0 bridgehead atoms. The Morgan fingerprint density at radius 1 is 1.64 bits per heavy atom. The van der Waals surface area contributed by atoms with Gasteiger partial charge in [0.1, 0.15) is 0 Å². The molecule has 4 heteroatoms. The third kappa shape index (κ3) is 2.75. The molecule has 11 heavy (non-hydrogen) atoms. The predicted octanol–water partition coefficient (Wildman–Crippen LogP) is -1.33. The Hall–Kier alpha value is -0.160. The zero-order valence-corrected chi connectivity index (χ0v) is 7.17. The van der Waals surface area contributed by atoms with Gasteiger partial charge in [-0.15, -0.1) is 0 Å². The minimum absolute atomic E-state index is 0.188. The summed E-state index contributed by atoms with van der Waals surface area (Å²) in [6, 6.07) is 0. The lowest BCUT2D eigenvalue weighted by Crippen LogP contribution is -2.56. The van der Waals surface area contributed by atoms with Crippen LogP contribution in [0.4, 0.5) is 0 Å². The van der Waals surface area contributed by atoms with Crippen LogP contribution >= 0.6 is 0 Å². The maximum absolute atomic E-state index is 9.42. The summed E-state index contributed by atoms with van der Waals surface area (Å²) >= 11 is 0. The molecule has 0 rings (SSSR count). The van der Waals surface area contributed by atoms with Crippen LogP contribution in [0.25, 0.3) is 0 Å². The molecule has 5 N–H and O–H groups in total. The quantitative estimate of drug-likeness (QED) is 0.404. The van der Waals surface area contributed by atoms with E-state index in [4.69, 9.17) is 10.8 Å². The molecule has 0 aromatic carbocycles. The van der Waals surface area contributed by atoms with E-state index in [2.05, 4.69) is 5.32 Å². The maximum atomic E-state index is 9.42. The maximum Gasteiger partial charge on any atom is 0.0865 e. The number of nitrogens with two attached hydrogens (primary N) is 1. The van der Waals surface area contributed by atoms with Crippen molar-refractivity contribution in [2.75, 3.05) is 20.2 Å². The van der Waals surface area contributed by atoms with E-state index < -0.39 is 11.6 Å².